The Labute approximate surface area is 559 Å². The van der Waals surface area contributed by atoms with Crippen LogP contribution in [0.2, 0.25) is 0 Å². The zero-order chi connectivity index (χ0) is 68.6. The van der Waals surface area contributed by atoms with Crippen LogP contribution >= 0.6 is 21.6 Å². The van der Waals surface area contributed by atoms with Crippen molar-refractivity contribution in [2.24, 2.45) is 29.6 Å². The van der Waals surface area contributed by atoms with Crippen LogP contribution in [-0.4, -0.2) is 205 Å². The van der Waals surface area contributed by atoms with Gasteiger partial charge in [-0.1, -0.05) is 140 Å². The summed E-state index contributed by atoms with van der Waals surface area (Å²) in [6.07, 6.45) is 0.404. The summed E-state index contributed by atoms with van der Waals surface area (Å²) in [6.45, 7) is 29.5. The highest BCUT2D eigenvalue weighted by Gasteiger charge is 2.44. The van der Waals surface area contributed by atoms with Gasteiger partial charge in [-0.2, -0.15) is 5.10 Å². The zero-order valence-electron chi connectivity index (χ0n) is 57.9. The van der Waals surface area contributed by atoms with Gasteiger partial charge in [0.1, 0.15) is 36.0 Å². The molecule has 10 atom stereocenters. The first kappa shape index (κ1) is 76.1. The predicted molar refractivity (Wildman–Crippen MR) is 368 cm³/mol. The van der Waals surface area contributed by atoms with E-state index in [0.717, 1.165) is 63.2 Å². The largest absolute Gasteiger partial charge is 0.508 e. The van der Waals surface area contributed by atoms with Crippen molar-refractivity contribution in [3.63, 3.8) is 0 Å². The number of likely N-dealkylation sites (tertiary alicyclic amines) is 1. The van der Waals surface area contributed by atoms with Gasteiger partial charge < -0.3 is 49.5 Å². The number of Topliss-reactive ketones (excluding diaryl/α,β-unsaturated/α-hetero) is 1. The Morgan fingerprint density at radius 2 is 1.47 bits per heavy atom. The third kappa shape index (κ3) is 20.1. The summed E-state index contributed by atoms with van der Waals surface area (Å²) in [5.41, 5.74) is 3.01. The highest BCUT2D eigenvalue weighted by Crippen LogP contribution is 2.40. The Morgan fingerprint density at radius 3 is 2.08 bits per heavy atom. The van der Waals surface area contributed by atoms with Crippen molar-refractivity contribution in [1.82, 2.24) is 44.6 Å². The summed E-state index contributed by atoms with van der Waals surface area (Å²) in [6, 6.07) is 17.2. The monoisotopic (exact) mass is 1330 g/mol. The number of methoxy groups -OCH3 is 2. The molecule has 93 heavy (non-hydrogen) atoms. The molecule has 3 heterocycles. The molecule has 2 saturated heterocycles. The maximum atomic E-state index is 14.8. The van der Waals surface area contributed by atoms with Gasteiger partial charge in [-0.25, -0.2) is 19.3 Å². The quantitative estimate of drug-likeness (QED) is 0.0215. The molecule has 0 aliphatic carbocycles. The Hall–Kier alpha value is -5.95. The number of aromatic amines is 1. The molecular formula is C70H107N9O12S2. The summed E-state index contributed by atoms with van der Waals surface area (Å²) >= 11 is 0. The molecule has 2 fully saturated rings. The summed E-state index contributed by atoms with van der Waals surface area (Å²) < 4.78 is 19.3. The molecule has 1 aromatic heterocycles. The standard InChI is InChI=1S/C70H107N9O12S2/c1-17-46(8)62(58(89-15)41-59(83)78-30-21-24-54(78)64(90-16)48(10)55(80)38-47(9)63(84)50-22-19-18-20-23-50)74(13)67(86)60(44(4)5)71-66(85)61(45(6)7)75(14)69(88)91-36-37-92-93-70(11,12)29-31-76-32-34-77(35-33-76)42-49-25-27-51(28-26-49)79-65(72-73-68(79)87)53-39-52(43(2)3)56(81)40-57(53)82/h18-20,22-23,25-28,39-40,43-48,54,58,60-64,81-82,84H,17,21,24,29-38,41-42H2,1-16H3,(H,71,85)(H,73,87)/t46-,47-,48-,54-,58+,60-,61-,62-,63?,64+/m0/s1. The second-order valence-electron chi connectivity index (χ2n) is 27.2. The Bertz CT molecular complexity index is 3120. The Balaban J connectivity index is 0.945. The van der Waals surface area contributed by atoms with E-state index in [4.69, 9.17) is 14.2 Å². The minimum atomic E-state index is -0.970. The third-order valence-corrected chi connectivity index (χ3v) is 22.2. The van der Waals surface area contributed by atoms with Crippen LogP contribution in [0.25, 0.3) is 17.1 Å². The molecule has 516 valence electrons. The number of hydrogen-bond donors (Lipinski definition) is 5. The number of phenols is 2. The minimum Gasteiger partial charge on any atom is -0.508 e. The molecule has 0 spiro atoms. The number of H-pyrrole nitrogens is 1. The van der Waals surface area contributed by atoms with Crippen LogP contribution in [0.4, 0.5) is 4.79 Å². The second kappa shape index (κ2) is 35.2. The average molecular weight is 1330 g/mol. The molecule has 2 aliphatic heterocycles. The lowest BCUT2D eigenvalue weighted by molar-refractivity contribution is -0.148. The number of benzene rings is 3. The number of hydrogen-bond acceptors (Lipinski definition) is 17. The van der Waals surface area contributed by atoms with E-state index in [0.29, 0.717) is 42.0 Å². The average Bonchev–Trinajstić information content (AvgIpc) is 1.73. The van der Waals surface area contributed by atoms with Crippen molar-refractivity contribution in [2.75, 3.05) is 79.9 Å². The van der Waals surface area contributed by atoms with Crippen LogP contribution in [0.1, 0.15) is 150 Å². The normalized spacial score (nSPS) is 18.0. The number of likely N-dealkylation sites (N-methyl/N-ethyl adjacent to an activating group) is 2. The van der Waals surface area contributed by atoms with Gasteiger partial charge in [-0.05, 0) is 104 Å². The molecule has 0 radical (unpaired) electrons. The first-order valence-electron chi connectivity index (χ1n) is 33.2. The number of nitrogens with zero attached hydrogens (tertiary/aromatic N) is 7. The van der Waals surface area contributed by atoms with Gasteiger partial charge in [0, 0.05) is 96.5 Å². The Kier molecular flexibility index (Phi) is 28.8. The van der Waals surface area contributed by atoms with Crippen molar-refractivity contribution in [3.05, 3.63) is 93.9 Å². The fourth-order valence-corrected chi connectivity index (χ4v) is 15.4. The van der Waals surface area contributed by atoms with E-state index in [1.807, 2.05) is 124 Å². The number of carbonyl (C=O) groups is 5. The summed E-state index contributed by atoms with van der Waals surface area (Å²) in [5, 5.41) is 41.9. The first-order valence-corrected chi connectivity index (χ1v) is 35.5. The molecule has 0 saturated carbocycles. The molecule has 3 aromatic carbocycles. The molecule has 23 heteroatoms. The van der Waals surface area contributed by atoms with Gasteiger partial charge in [-0.15, -0.1) is 0 Å². The lowest BCUT2D eigenvalue weighted by Gasteiger charge is -2.41. The van der Waals surface area contributed by atoms with Gasteiger partial charge in [0.25, 0.3) is 0 Å². The van der Waals surface area contributed by atoms with E-state index in [2.05, 4.69) is 39.2 Å². The fourth-order valence-electron chi connectivity index (χ4n) is 13.0. The topological polar surface area (TPSA) is 253 Å². The maximum Gasteiger partial charge on any atom is 0.410 e. The van der Waals surface area contributed by atoms with Crippen molar-refractivity contribution >= 4 is 51.2 Å². The van der Waals surface area contributed by atoms with Crippen LogP contribution in [0, 0.1) is 29.6 Å². The van der Waals surface area contributed by atoms with Gasteiger partial charge >= 0.3 is 11.8 Å². The van der Waals surface area contributed by atoms with Crippen LogP contribution < -0.4 is 11.0 Å². The SMILES string of the molecule is CC[C@H](C)[C@@H]([C@@H](CC(=O)N1CCC[C@H]1[C@H](OC)[C@@H](C)C(=O)C[C@H](C)C(O)c1ccccc1)OC)N(C)C(=O)[C@@H](NC(=O)[C@H](C(C)C)N(C)C(=O)OCCSSC(C)(C)CCN1CCN(Cc2ccc(-n3c(-c4cc(C(C)C)c(O)cc4O)n[nH]c3=O)cc2)CC1)C(C)C. The van der Waals surface area contributed by atoms with E-state index in [1.54, 1.807) is 65.8 Å². The number of nitrogens with one attached hydrogen (secondary N) is 2. The van der Waals surface area contributed by atoms with E-state index in [1.165, 1.54) is 15.5 Å². The third-order valence-electron chi connectivity index (χ3n) is 18.8. The number of piperazine rings is 1. The number of aliphatic hydroxyl groups is 1. The van der Waals surface area contributed by atoms with Crippen molar-refractivity contribution in [1.29, 1.82) is 0 Å². The van der Waals surface area contributed by atoms with Crippen LogP contribution in [0.15, 0.2) is 71.5 Å². The highest BCUT2D eigenvalue weighted by molar-refractivity contribution is 8.77. The number of aliphatic hydroxyl groups excluding tert-OH is 1. The Morgan fingerprint density at radius 1 is 0.817 bits per heavy atom. The number of aromatic nitrogens is 3. The van der Waals surface area contributed by atoms with Gasteiger partial charge in [0.05, 0.1) is 48.1 Å². The minimum absolute atomic E-state index is 0.0124. The lowest BCUT2D eigenvalue weighted by Crippen LogP contribution is -2.60. The zero-order valence-corrected chi connectivity index (χ0v) is 59.6. The molecule has 5 N–H and O–H groups in total. The lowest BCUT2D eigenvalue weighted by atomic mass is 9.85. The highest BCUT2D eigenvalue weighted by atomic mass is 33.1. The van der Waals surface area contributed by atoms with Gasteiger partial charge in [-0.3, -0.25) is 29.0 Å². The maximum absolute atomic E-state index is 14.8. The molecule has 0 bridgehead atoms. The fraction of sp³-hybridized carbons (Fsp3) is 0.643. The summed E-state index contributed by atoms with van der Waals surface area (Å²) in [4.78, 5) is 93.7. The molecule has 2 aliphatic rings. The van der Waals surface area contributed by atoms with Gasteiger partial charge in [0.2, 0.25) is 17.7 Å². The number of amides is 4. The number of ketones is 1. The number of phenolic OH excluding ortho intramolecular Hbond substituents is 2. The van der Waals surface area contributed by atoms with E-state index in [9.17, 15) is 44.1 Å². The van der Waals surface area contributed by atoms with Crippen LogP contribution in [0.3, 0.4) is 0 Å². The number of aromatic hydroxyl groups is 2. The van der Waals surface area contributed by atoms with Crippen molar-refractivity contribution in [3.8, 4) is 28.6 Å². The molecule has 1 unspecified atom stereocenters. The van der Waals surface area contributed by atoms with Crippen LogP contribution in [-0.2, 0) is 39.9 Å². The molecule has 21 nitrogen and oxygen atoms in total. The second-order valence-corrected chi connectivity index (χ2v) is 30.3. The summed E-state index contributed by atoms with van der Waals surface area (Å²) in [5.74, 6) is -2.12. The number of rotatable bonds is 34. The number of carbonyl (C=O) groups excluding carboxylic acids is 5. The number of ether oxygens (including phenoxy) is 3. The molecule has 4 amide bonds. The first-order chi connectivity index (χ1) is 44.0. The molecular weight excluding hydrogens is 1220 g/mol. The van der Waals surface area contributed by atoms with E-state index >= 15 is 0 Å². The molecule has 6 rings (SSSR count). The van der Waals surface area contributed by atoms with Crippen molar-refractivity contribution in [2.45, 2.75) is 181 Å². The van der Waals surface area contributed by atoms with E-state index < -0.39 is 60.0 Å². The predicted octanol–water partition coefficient (Wildman–Crippen LogP) is 9.91. The molecule has 4 aromatic rings. The van der Waals surface area contributed by atoms with E-state index in [-0.39, 0.29) is 94.7 Å². The van der Waals surface area contributed by atoms with Crippen molar-refractivity contribution < 1.29 is 53.5 Å². The summed E-state index contributed by atoms with van der Waals surface area (Å²) in [7, 11) is 9.75. The smallest absolute Gasteiger partial charge is 0.410 e. The van der Waals surface area contributed by atoms with Crippen LogP contribution in [0.5, 0.6) is 11.5 Å². The van der Waals surface area contributed by atoms with Gasteiger partial charge in [0.15, 0.2) is 5.82 Å².